The molecular weight excluding hydrogens is 236 g/mol. The van der Waals surface area contributed by atoms with Gasteiger partial charge in [0.1, 0.15) is 11.8 Å². The highest BCUT2D eigenvalue weighted by molar-refractivity contribution is 7.90. The van der Waals surface area contributed by atoms with Crippen LogP contribution in [0.1, 0.15) is 10.4 Å². The minimum absolute atomic E-state index is 0.211. The Kier molecular flexibility index (Phi) is 3.35. The van der Waals surface area contributed by atoms with Gasteiger partial charge in [0, 0.05) is 0 Å². The molecule has 2 nitrogen and oxygen atoms in total. The molecule has 1 rings (SSSR count). The highest BCUT2D eigenvalue weighted by atomic mass is 32.2. The first-order chi connectivity index (χ1) is 6.91. The molecule has 0 aliphatic heterocycles. The van der Waals surface area contributed by atoms with E-state index in [2.05, 4.69) is 0 Å². The van der Waals surface area contributed by atoms with E-state index in [0.717, 1.165) is 6.26 Å². The molecule has 15 heavy (non-hydrogen) atoms. The largest absolute Gasteiger partial charge is 0.612 e. The van der Waals surface area contributed by atoms with Crippen LogP contribution in [0.5, 0.6) is 0 Å². The van der Waals surface area contributed by atoms with Crippen molar-refractivity contribution in [1.82, 2.24) is 0 Å². The predicted molar refractivity (Wildman–Crippen MR) is 44.0 cm³/mol. The first-order valence-electron chi connectivity index (χ1n) is 3.56. The number of hydrogen-bond acceptors (Lipinski definition) is 2. The summed E-state index contributed by atoms with van der Waals surface area (Å²) in [7, 11) is 0. The van der Waals surface area contributed by atoms with Crippen LogP contribution in [0.4, 0.5) is 17.6 Å². The maximum Gasteiger partial charge on any atom is 0.217 e. The van der Waals surface area contributed by atoms with Crippen molar-refractivity contribution >= 4 is 17.5 Å². The first-order valence-corrected chi connectivity index (χ1v) is 5.12. The molecule has 0 fully saturated rings. The van der Waals surface area contributed by atoms with Crippen molar-refractivity contribution in [1.29, 1.82) is 0 Å². The topological polar surface area (TPSA) is 40.1 Å². The maximum absolute atomic E-state index is 13.0. The fourth-order valence-corrected chi connectivity index (χ4v) is 1.80. The molecule has 0 aromatic heterocycles. The van der Waals surface area contributed by atoms with Crippen LogP contribution in [0.3, 0.4) is 0 Å². The van der Waals surface area contributed by atoms with Gasteiger partial charge in [0.25, 0.3) is 0 Å². The number of aldehydes is 1. The van der Waals surface area contributed by atoms with Gasteiger partial charge in [-0.05, 0) is 11.2 Å². The molecule has 0 radical (unpaired) electrons. The molecule has 1 aromatic rings. The molecule has 7 heteroatoms. The van der Waals surface area contributed by atoms with Crippen LogP contribution >= 0.6 is 0 Å². The summed E-state index contributed by atoms with van der Waals surface area (Å²) in [6.07, 6.45) is 0.708. The SMILES string of the molecule is C[S+]([O-])c1c(F)c(F)c(F)c(F)c1C=O. The summed E-state index contributed by atoms with van der Waals surface area (Å²) >= 11 is -2.13. The zero-order valence-electron chi connectivity index (χ0n) is 7.31. The van der Waals surface area contributed by atoms with E-state index in [1.807, 2.05) is 0 Å². The third-order valence-corrected chi connectivity index (χ3v) is 2.64. The zero-order chi connectivity index (χ0) is 11.7. The second-order valence-electron chi connectivity index (χ2n) is 2.57. The monoisotopic (exact) mass is 240 g/mol. The van der Waals surface area contributed by atoms with Crippen LogP contribution in [0, 0.1) is 23.3 Å². The zero-order valence-corrected chi connectivity index (χ0v) is 8.13. The third-order valence-electron chi connectivity index (χ3n) is 1.66. The fourth-order valence-electron chi connectivity index (χ4n) is 1.01. The van der Waals surface area contributed by atoms with Crippen molar-refractivity contribution in [3.63, 3.8) is 0 Å². The number of carbonyl (C=O) groups is 1. The number of rotatable bonds is 2. The van der Waals surface area contributed by atoms with E-state index < -0.39 is 44.9 Å². The average Bonchev–Trinajstić information content (AvgIpc) is 2.19. The lowest BCUT2D eigenvalue weighted by Crippen LogP contribution is -2.12. The summed E-state index contributed by atoms with van der Waals surface area (Å²) in [6, 6.07) is 0. The van der Waals surface area contributed by atoms with Crippen LogP contribution in [-0.4, -0.2) is 17.1 Å². The summed E-state index contributed by atoms with van der Waals surface area (Å²) in [5.41, 5.74) is -1.06. The van der Waals surface area contributed by atoms with E-state index in [-0.39, 0.29) is 6.29 Å². The Morgan fingerprint density at radius 3 is 1.93 bits per heavy atom. The van der Waals surface area contributed by atoms with E-state index >= 15 is 0 Å². The van der Waals surface area contributed by atoms with Crippen molar-refractivity contribution in [2.45, 2.75) is 4.90 Å². The molecule has 0 saturated carbocycles. The molecule has 0 amide bonds. The minimum atomic E-state index is -2.13. The number of benzene rings is 1. The van der Waals surface area contributed by atoms with Crippen molar-refractivity contribution in [2.24, 2.45) is 0 Å². The second-order valence-corrected chi connectivity index (χ2v) is 3.89. The average molecular weight is 240 g/mol. The summed E-state index contributed by atoms with van der Waals surface area (Å²) in [5, 5.41) is 0. The molecule has 0 aliphatic rings. The summed E-state index contributed by atoms with van der Waals surface area (Å²) < 4.78 is 62.2. The van der Waals surface area contributed by atoms with Gasteiger partial charge in [0.05, 0.1) is 0 Å². The van der Waals surface area contributed by atoms with Gasteiger partial charge >= 0.3 is 0 Å². The number of carbonyl (C=O) groups excluding carboxylic acids is 1. The quantitative estimate of drug-likeness (QED) is 0.260. The van der Waals surface area contributed by atoms with E-state index in [1.165, 1.54) is 0 Å². The van der Waals surface area contributed by atoms with Gasteiger partial charge in [0.2, 0.25) is 16.5 Å². The Bertz CT molecular complexity index is 420. The summed E-state index contributed by atoms with van der Waals surface area (Å²) in [6.45, 7) is 0. The van der Waals surface area contributed by atoms with E-state index in [0.29, 0.717) is 0 Å². The predicted octanol–water partition coefficient (Wildman–Crippen LogP) is 1.79. The Labute approximate surface area is 85.1 Å². The van der Waals surface area contributed by atoms with Crippen LogP contribution in [0.2, 0.25) is 0 Å². The molecule has 82 valence electrons. The molecule has 1 unspecified atom stereocenters. The lowest BCUT2D eigenvalue weighted by molar-refractivity contribution is 0.111. The third kappa shape index (κ3) is 1.84. The second kappa shape index (κ2) is 4.19. The van der Waals surface area contributed by atoms with Gasteiger partial charge in [-0.1, -0.05) is 0 Å². The Hall–Kier alpha value is -1.08. The molecule has 1 aromatic carbocycles. The Morgan fingerprint density at radius 2 is 1.53 bits per heavy atom. The van der Waals surface area contributed by atoms with E-state index in [1.54, 1.807) is 0 Å². The standard InChI is InChI=1S/C8H4F4O2S/c1-15(14)8-3(2-13)4(9)5(10)6(11)7(8)12/h2H,1H3. The van der Waals surface area contributed by atoms with Crippen LogP contribution in [-0.2, 0) is 11.2 Å². The van der Waals surface area contributed by atoms with E-state index in [4.69, 9.17) is 0 Å². The summed E-state index contributed by atoms with van der Waals surface area (Å²) in [5.74, 6) is -7.82. The molecule has 0 N–H and O–H groups in total. The van der Waals surface area contributed by atoms with E-state index in [9.17, 15) is 26.9 Å². The number of halogens is 4. The van der Waals surface area contributed by atoms with Gasteiger partial charge in [0.15, 0.2) is 17.9 Å². The molecule has 0 saturated heterocycles. The lowest BCUT2D eigenvalue weighted by Gasteiger charge is -2.09. The van der Waals surface area contributed by atoms with Crippen LogP contribution in [0.15, 0.2) is 4.90 Å². The smallest absolute Gasteiger partial charge is 0.217 e. The van der Waals surface area contributed by atoms with Crippen LogP contribution in [0.25, 0.3) is 0 Å². The molecular formula is C8H4F4O2S. The highest BCUT2D eigenvalue weighted by Gasteiger charge is 2.30. The summed E-state index contributed by atoms with van der Waals surface area (Å²) in [4.78, 5) is 9.37. The van der Waals surface area contributed by atoms with Gasteiger partial charge in [-0.3, -0.25) is 4.79 Å². The fraction of sp³-hybridized carbons (Fsp3) is 0.125. The molecule has 0 spiro atoms. The molecule has 0 bridgehead atoms. The first kappa shape index (κ1) is 12.0. The molecule has 0 heterocycles. The maximum atomic E-state index is 13.0. The Morgan fingerprint density at radius 1 is 1.07 bits per heavy atom. The van der Waals surface area contributed by atoms with Gasteiger partial charge in [-0.15, -0.1) is 0 Å². The molecule has 0 aliphatic carbocycles. The normalized spacial score (nSPS) is 12.7. The van der Waals surface area contributed by atoms with Gasteiger partial charge in [-0.2, -0.15) is 4.39 Å². The number of hydrogen-bond donors (Lipinski definition) is 0. The van der Waals surface area contributed by atoms with Crippen molar-refractivity contribution < 1.29 is 26.9 Å². The van der Waals surface area contributed by atoms with Gasteiger partial charge in [-0.25, -0.2) is 13.2 Å². The van der Waals surface area contributed by atoms with Crippen molar-refractivity contribution in [3.05, 3.63) is 28.8 Å². The van der Waals surface area contributed by atoms with Crippen molar-refractivity contribution in [3.8, 4) is 0 Å². The van der Waals surface area contributed by atoms with Crippen LogP contribution < -0.4 is 0 Å². The van der Waals surface area contributed by atoms with Gasteiger partial charge < -0.3 is 4.55 Å². The Balaban J connectivity index is 3.70. The molecule has 1 atom stereocenters. The minimum Gasteiger partial charge on any atom is -0.612 e. The highest BCUT2D eigenvalue weighted by Crippen LogP contribution is 2.26. The van der Waals surface area contributed by atoms with Crippen molar-refractivity contribution in [2.75, 3.05) is 6.26 Å². The lowest BCUT2D eigenvalue weighted by atomic mass is 10.2.